The Morgan fingerprint density at radius 2 is 2.00 bits per heavy atom. The number of rotatable bonds is 3. The van der Waals surface area contributed by atoms with Crippen LogP contribution in [0.3, 0.4) is 0 Å². The second kappa shape index (κ2) is 5.89. The van der Waals surface area contributed by atoms with Crippen LogP contribution in [0.2, 0.25) is 0 Å². The summed E-state index contributed by atoms with van der Waals surface area (Å²) in [6.07, 6.45) is 11.3. The Bertz CT molecular complexity index is 464. The minimum Gasteiger partial charge on any atom is -0.271 e. The quantitative estimate of drug-likeness (QED) is 0.494. The largest absolute Gasteiger partial charge is 0.271 e. The summed E-state index contributed by atoms with van der Waals surface area (Å²) in [7, 11) is 0. The average molecular weight is 256 g/mol. The maximum Gasteiger partial charge on any atom is 0.0488 e. The van der Waals surface area contributed by atoms with Gasteiger partial charge in [0.2, 0.25) is 0 Å². The summed E-state index contributed by atoms with van der Waals surface area (Å²) in [6.45, 7) is 0. The van der Waals surface area contributed by atoms with Gasteiger partial charge in [-0.15, -0.1) is 0 Å². The van der Waals surface area contributed by atoms with Gasteiger partial charge in [0.15, 0.2) is 0 Å². The first-order valence-corrected chi connectivity index (χ1v) is 7.63. The van der Waals surface area contributed by atoms with E-state index in [4.69, 9.17) is 5.84 Å². The Kier molecular flexibility index (Phi) is 4.00. The van der Waals surface area contributed by atoms with Crippen LogP contribution in [0.25, 0.3) is 0 Å². The van der Waals surface area contributed by atoms with Gasteiger partial charge >= 0.3 is 0 Å². The first-order chi connectivity index (χ1) is 9.40. The maximum atomic E-state index is 5.90. The van der Waals surface area contributed by atoms with Gasteiger partial charge in [-0.25, -0.2) is 0 Å². The minimum absolute atomic E-state index is 0.335. The third-order valence-corrected chi connectivity index (χ3v) is 4.72. The molecule has 0 spiro atoms. The molecule has 0 bridgehead atoms. The monoisotopic (exact) mass is 256 g/mol. The van der Waals surface area contributed by atoms with Gasteiger partial charge in [0, 0.05) is 12.0 Å². The Balaban J connectivity index is 1.90. The van der Waals surface area contributed by atoms with E-state index < -0.39 is 0 Å². The van der Waals surface area contributed by atoms with E-state index in [0.717, 1.165) is 0 Å². The Morgan fingerprint density at radius 1 is 1.11 bits per heavy atom. The van der Waals surface area contributed by atoms with Crippen molar-refractivity contribution in [3.63, 3.8) is 0 Å². The smallest absolute Gasteiger partial charge is 0.0488 e. The molecule has 1 aromatic rings. The molecule has 0 fully saturated rings. The SMILES string of the molecule is NNC(C1=CCCCC1)C1CCCc2ccccc21. The molecule has 3 rings (SSSR count). The van der Waals surface area contributed by atoms with Crippen LogP contribution in [0.1, 0.15) is 55.6 Å². The average Bonchev–Trinajstić information content (AvgIpc) is 2.49. The second-order valence-corrected chi connectivity index (χ2v) is 5.87. The summed E-state index contributed by atoms with van der Waals surface area (Å²) < 4.78 is 0. The molecule has 0 aromatic heterocycles. The van der Waals surface area contributed by atoms with E-state index >= 15 is 0 Å². The zero-order chi connectivity index (χ0) is 13.1. The summed E-state index contributed by atoms with van der Waals surface area (Å²) in [4.78, 5) is 0. The molecule has 1 aromatic carbocycles. The van der Waals surface area contributed by atoms with Crippen LogP contribution >= 0.6 is 0 Å². The molecule has 2 aliphatic rings. The van der Waals surface area contributed by atoms with Crippen molar-refractivity contribution >= 4 is 0 Å². The van der Waals surface area contributed by atoms with Crippen molar-refractivity contribution in [2.75, 3.05) is 0 Å². The van der Waals surface area contributed by atoms with Gasteiger partial charge in [-0.2, -0.15) is 0 Å². The van der Waals surface area contributed by atoms with Crippen molar-refractivity contribution in [2.24, 2.45) is 5.84 Å². The fourth-order valence-electron chi connectivity index (χ4n) is 3.76. The van der Waals surface area contributed by atoms with Crippen LogP contribution in [0.5, 0.6) is 0 Å². The lowest BCUT2D eigenvalue weighted by Gasteiger charge is -2.34. The predicted octanol–water partition coefficient (Wildman–Crippen LogP) is 3.44. The zero-order valence-electron chi connectivity index (χ0n) is 11.6. The molecule has 0 saturated heterocycles. The van der Waals surface area contributed by atoms with E-state index in [1.54, 1.807) is 0 Å². The van der Waals surface area contributed by atoms with Crippen LogP contribution in [0.15, 0.2) is 35.9 Å². The molecular weight excluding hydrogens is 232 g/mol. The number of aryl methyl sites for hydroxylation is 1. The molecule has 0 aliphatic heterocycles. The molecule has 3 N–H and O–H groups in total. The minimum atomic E-state index is 0.335. The molecule has 2 heteroatoms. The van der Waals surface area contributed by atoms with Crippen LogP contribution in [-0.4, -0.2) is 6.04 Å². The lowest BCUT2D eigenvalue weighted by atomic mass is 9.75. The summed E-state index contributed by atoms with van der Waals surface area (Å²) in [6, 6.07) is 9.24. The molecule has 0 heterocycles. The Labute approximate surface area is 116 Å². The normalized spacial score (nSPS) is 24.5. The third-order valence-electron chi connectivity index (χ3n) is 4.72. The van der Waals surface area contributed by atoms with Crippen LogP contribution < -0.4 is 11.3 Å². The van der Waals surface area contributed by atoms with E-state index in [1.807, 2.05) is 0 Å². The fraction of sp³-hybridized carbons (Fsp3) is 0.529. The topological polar surface area (TPSA) is 38.0 Å². The Hall–Kier alpha value is -1.12. The Morgan fingerprint density at radius 3 is 2.79 bits per heavy atom. The van der Waals surface area contributed by atoms with E-state index in [-0.39, 0.29) is 0 Å². The third kappa shape index (κ3) is 2.60. The van der Waals surface area contributed by atoms with Crippen molar-refractivity contribution in [2.45, 2.75) is 56.9 Å². The molecule has 0 radical (unpaired) electrons. The van der Waals surface area contributed by atoms with Crippen molar-refractivity contribution in [1.29, 1.82) is 0 Å². The lowest BCUT2D eigenvalue weighted by molar-refractivity contribution is 0.420. The predicted molar refractivity (Wildman–Crippen MR) is 79.8 cm³/mol. The van der Waals surface area contributed by atoms with E-state index in [1.165, 1.54) is 61.6 Å². The number of hydrazine groups is 1. The number of benzene rings is 1. The molecule has 2 unspecified atom stereocenters. The van der Waals surface area contributed by atoms with Crippen LogP contribution in [0.4, 0.5) is 0 Å². The van der Waals surface area contributed by atoms with Crippen molar-refractivity contribution in [3.05, 3.63) is 47.0 Å². The van der Waals surface area contributed by atoms with Gasteiger partial charge in [0.1, 0.15) is 0 Å². The van der Waals surface area contributed by atoms with Crippen molar-refractivity contribution in [1.82, 2.24) is 5.43 Å². The second-order valence-electron chi connectivity index (χ2n) is 5.87. The number of fused-ring (bicyclic) bond motifs is 1. The van der Waals surface area contributed by atoms with Gasteiger partial charge in [0.25, 0.3) is 0 Å². The molecule has 2 atom stereocenters. The molecule has 0 amide bonds. The zero-order valence-corrected chi connectivity index (χ0v) is 11.6. The number of hydrogen-bond acceptors (Lipinski definition) is 2. The highest BCUT2D eigenvalue weighted by molar-refractivity contribution is 5.36. The number of hydrogen-bond donors (Lipinski definition) is 2. The van der Waals surface area contributed by atoms with Gasteiger partial charge < -0.3 is 0 Å². The first-order valence-electron chi connectivity index (χ1n) is 7.63. The lowest BCUT2D eigenvalue weighted by Crippen LogP contribution is -2.42. The van der Waals surface area contributed by atoms with Gasteiger partial charge in [0.05, 0.1) is 0 Å². The van der Waals surface area contributed by atoms with E-state index in [2.05, 4.69) is 35.8 Å². The number of nitrogens with two attached hydrogens (primary N) is 1. The standard InChI is InChI=1S/C17H24N2/c18-19-17(14-8-2-1-3-9-14)16-12-6-10-13-7-4-5-11-15(13)16/h4-5,7-8,11,16-17,19H,1-3,6,9-10,12,18H2. The van der Waals surface area contributed by atoms with Crippen LogP contribution in [0, 0.1) is 0 Å². The van der Waals surface area contributed by atoms with Gasteiger partial charge in [-0.3, -0.25) is 11.3 Å². The molecule has 19 heavy (non-hydrogen) atoms. The highest BCUT2D eigenvalue weighted by atomic mass is 15.2. The van der Waals surface area contributed by atoms with Crippen molar-refractivity contribution in [3.8, 4) is 0 Å². The van der Waals surface area contributed by atoms with E-state index in [0.29, 0.717) is 12.0 Å². The highest BCUT2D eigenvalue weighted by Gasteiger charge is 2.29. The number of allylic oxidation sites excluding steroid dienone is 1. The van der Waals surface area contributed by atoms with Gasteiger partial charge in [-0.05, 0) is 56.1 Å². The highest BCUT2D eigenvalue weighted by Crippen LogP contribution is 2.37. The summed E-state index contributed by atoms with van der Waals surface area (Å²) >= 11 is 0. The van der Waals surface area contributed by atoms with E-state index in [9.17, 15) is 0 Å². The summed E-state index contributed by atoms with van der Waals surface area (Å²) in [5.41, 5.74) is 7.69. The molecule has 2 aliphatic carbocycles. The number of nitrogens with one attached hydrogen (secondary N) is 1. The summed E-state index contributed by atoms with van der Waals surface area (Å²) in [5.74, 6) is 6.46. The molecule has 102 valence electrons. The molecular formula is C17H24N2. The van der Waals surface area contributed by atoms with Crippen molar-refractivity contribution < 1.29 is 0 Å². The molecule has 2 nitrogen and oxygen atoms in total. The summed E-state index contributed by atoms with van der Waals surface area (Å²) in [5, 5.41) is 0. The van der Waals surface area contributed by atoms with Crippen LogP contribution in [-0.2, 0) is 6.42 Å². The molecule has 0 saturated carbocycles. The maximum absolute atomic E-state index is 5.90. The fourth-order valence-corrected chi connectivity index (χ4v) is 3.76. The van der Waals surface area contributed by atoms with Gasteiger partial charge in [-0.1, -0.05) is 35.9 Å². The first kappa shape index (κ1) is 12.9.